The van der Waals surface area contributed by atoms with E-state index < -0.39 is 10.4 Å². The van der Waals surface area contributed by atoms with Crippen molar-refractivity contribution in [3.63, 3.8) is 0 Å². The lowest BCUT2D eigenvalue weighted by Crippen LogP contribution is -1.89. The van der Waals surface area contributed by atoms with Crippen LogP contribution in [0.2, 0.25) is 0 Å². The zero-order valence-corrected chi connectivity index (χ0v) is 13.0. The molecule has 0 rings (SSSR count). The smallest absolute Gasteiger partial charge is 0.394 e. The van der Waals surface area contributed by atoms with Gasteiger partial charge in [0.1, 0.15) is 0 Å². The Morgan fingerprint density at radius 3 is 1.42 bits per heavy atom. The van der Waals surface area contributed by atoms with Crippen molar-refractivity contribution in [2.75, 3.05) is 6.61 Å². The third-order valence-corrected chi connectivity index (χ3v) is 2.69. The molecule has 0 aliphatic heterocycles. The number of hydrogen-bond donors (Lipinski definition) is 3. The lowest BCUT2D eigenvalue weighted by molar-refractivity contribution is 0.282. The van der Waals surface area contributed by atoms with Crippen LogP contribution in [0, 0.1) is 5.92 Å². The lowest BCUT2D eigenvalue weighted by Gasteiger charge is -2.04. The van der Waals surface area contributed by atoms with E-state index in [1.807, 2.05) is 0 Å². The van der Waals surface area contributed by atoms with Gasteiger partial charge in [-0.15, -0.1) is 0 Å². The van der Waals surface area contributed by atoms with E-state index in [4.69, 9.17) is 22.6 Å². The van der Waals surface area contributed by atoms with E-state index in [9.17, 15) is 0 Å². The molecule has 0 spiro atoms. The highest BCUT2D eigenvalue weighted by Crippen LogP contribution is 2.12. The van der Waals surface area contributed by atoms with Crippen molar-refractivity contribution < 1.29 is 22.6 Å². The van der Waals surface area contributed by atoms with Crippen LogP contribution in [-0.4, -0.2) is 29.2 Å². The van der Waals surface area contributed by atoms with Crippen molar-refractivity contribution in [1.29, 1.82) is 0 Å². The molecule has 0 heterocycles. The van der Waals surface area contributed by atoms with Crippen molar-refractivity contribution in [3.05, 3.63) is 0 Å². The van der Waals surface area contributed by atoms with E-state index in [0.717, 1.165) is 12.3 Å². The molecule has 0 radical (unpaired) electrons. The summed E-state index contributed by atoms with van der Waals surface area (Å²) in [7, 11) is -4.67. The third kappa shape index (κ3) is 38.1. The van der Waals surface area contributed by atoms with Crippen LogP contribution < -0.4 is 0 Å². The van der Waals surface area contributed by atoms with Gasteiger partial charge in [-0.2, -0.15) is 8.42 Å². The van der Waals surface area contributed by atoms with E-state index in [1.165, 1.54) is 51.4 Å². The number of aliphatic hydroxyl groups excluding tert-OH is 1. The monoisotopic (exact) mass is 298 g/mol. The highest BCUT2D eigenvalue weighted by Gasteiger charge is 1.94. The predicted octanol–water partition coefficient (Wildman–Crippen LogP) is 3.49. The first-order chi connectivity index (χ1) is 8.77. The summed E-state index contributed by atoms with van der Waals surface area (Å²) >= 11 is 0. The standard InChI is InChI=1S/C13H28O.H2O4S/c1-13(2)11-9-7-5-3-4-6-8-10-12-14;1-5(2,3)4/h13-14H,3-12H2,1-2H3;(H2,1,2,3,4). The average molecular weight is 298 g/mol. The van der Waals surface area contributed by atoms with Crippen molar-refractivity contribution >= 4 is 10.4 Å². The Balaban J connectivity index is 0. The summed E-state index contributed by atoms with van der Waals surface area (Å²) in [5, 5.41) is 8.59. The van der Waals surface area contributed by atoms with Crippen LogP contribution in [0.1, 0.15) is 71.6 Å². The zero-order valence-electron chi connectivity index (χ0n) is 12.2. The molecular formula is C13H30O5S. The molecule has 0 aliphatic carbocycles. The summed E-state index contributed by atoms with van der Waals surface area (Å²) in [5.41, 5.74) is 0. The summed E-state index contributed by atoms with van der Waals surface area (Å²) in [6.07, 6.45) is 11.9. The van der Waals surface area contributed by atoms with Gasteiger partial charge in [0.05, 0.1) is 0 Å². The Bertz CT molecular complexity index is 254. The van der Waals surface area contributed by atoms with Gasteiger partial charge < -0.3 is 5.11 Å². The minimum absolute atomic E-state index is 0.369. The van der Waals surface area contributed by atoms with E-state index >= 15 is 0 Å². The maximum atomic E-state index is 8.74. The largest absolute Gasteiger partial charge is 0.396 e. The maximum absolute atomic E-state index is 8.74. The van der Waals surface area contributed by atoms with Gasteiger partial charge in [0, 0.05) is 6.61 Å². The second-order valence-electron chi connectivity index (χ2n) is 5.18. The SMILES string of the molecule is CC(C)CCCCCCCCCCO.O=S(=O)(O)O. The van der Waals surface area contributed by atoms with Crippen LogP contribution in [-0.2, 0) is 10.4 Å². The number of rotatable bonds is 10. The second-order valence-corrected chi connectivity index (χ2v) is 6.08. The van der Waals surface area contributed by atoms with Crippen LogP contribution in [0.5, 0.6) is 0 Å². The van der Waals surface area contributed by atoms with Crippen molar-refractivity contribution in [3.8, 4) is 0 Å². The minimum Gasteiger partial charge on any atom is -0.396 e. The quantitative estimate of drug-likeness (QED) is 0.424. The van der Waals surface area contributed by atoms with Crippen LogP contribution in [0.4, 0.5) is 0 Å². The Hall–Kier alpha value is -0.170. The fourth-order valence-electron chi connectivity index (χ4n) is 1.73. The van der Waals surface area contributed by atoms with Gasteiger partial charge in [0.25, 0.3) is 0 Å². The van der Waals surface area contributed by atoms with Crippen LogP contribution >= 0.6 is 0 Å². The molecule has 0 unspecified atom stereocenters. The lowest BCUT2D eigenvalue weighted by atomic mass is 10.0. The van der Waals surface area contributed by atoms with E-state index in [0.29, 0.717) is 6.61 Å². The van der Waals surface area contributed by atoms with Gasteiger partial charge in [-0.25, -0.2) is 0 Å². The number of hydrogen-bond acceptors (Lipinski definition) is 3. The molecule has 0 saturated heterocycles. The van der Waals surface area contributed by atoms with E-state index in [2.05, 4.69) is 13.8 Å². The molecule has 5 nitrogen and oxygen atoms in total. The van der Waals surface area contributed by atoms with E-state index in [1.54, 1.807) is 0 Å². The Morgan fingerprint density at radius 1 is 0.789 bits per heavy atom. The van der Waals surface area contributed by atoms with Gasteiger partial charge in [-0.3, -0.25) is 9.11 Å². The Morgan fingerprint density at radius 2 is 1.11 bits per heavy atom. The summed E-state index contributed by atoms with van der Waals surface area (Å²) in [4.78, 5) is 0. The molecule has 19 heavy (non-hydrogen) atoms. The molecule has 0 aromatic carbocycles. The average Bonchev–Trinajstić information content (AvgIpc) is 2.24. The first-order valence-electron chi connectivity index (χ1n) is 7.08. The van der Waals surface area contributed by atoms with Crippen molar-refractivity contribution in [2.45, 2.75) is 71.6 Å². The fraction of sp³-hybridized carbons (Fsp3) is 1.00. The molecule has 0 saturated carbocycles. The van der Waals surface area contributed by atoms with Crippen LogP contribution in [0.3, 0.4) is 0 Å². The maximum Gasteiger partial charge on any atom is 0.394 e. The number of unbranched alkanes of at least 4 members (excludes halogenated alkanes) is 7. The molecule has 0 bridgehead atoms. The highest BCUT2D eigenvalue weighted by molar-refractivity contribution is 7.79. The summed E-state index contributed by atoms with van der Waals surface area (Å²) < 4.78 is 31.6. The molecule has 0 aromatic heterocycles. The van der Waals surface area contributed by atoms with Gasteiger partial charge in [-0.05, 0) is 12.3 Å². The first kappa shape index (κ1) is 21.1. The van der Waals surface area contributed by atoms with Crippen LogP contribution in [0.15, 0.2) is 0 Å². The topological polar surface area (TPSA) is 94.8 Å². The summed E-state index contributed by atoms with van der Waals surface area (Å²) in [6.45, 7) is 4.97. The molecule has 3 N–H and O–H groups in total. The van der Waals surface area contributed by atoms with E-state index in [-0.39, 0.29) is 0 Å². The highest BCUT2D eigenvalue weighted by atomic mass is 32.3. The molecule has 0 aromatic rings. The summed E-state index contributed by atoms with van der Waals surface area (Å²) in [6, 6.07) is 0. The molecule has 0 atom stereocenters. The Labute approximate surface area is 118 Å². The second kappa shape index (κ2) is 14.2. The Kier molecular flexibility index (Phi) is 15.8. The minimum atomic E-state index is -4.67. The molecule has 0 fully saturated rings. The first-order valence-corrected chi connectivity index (χ1v) is 8.47. The molecule has 0 amide bonds. The molecule has 0 aliphatic rings. The fourth-order valence-corrected chi connectivity index (χ4v) is 1.73. The van der Waals surface area contributed by atoms with Gasteiger partial charge >= 0.3 is 10.4 Å². The van der Waals surface area contributed by atoms with Gasteiger partial charge in [0.15, 0.2) is 0 Å². The normalized spacial score (nSPS) is 11.3. The van der Waals surface area contributed by atoms with Crippen molar-refractivity contribution in [1.82, 2.24) is 0 Å². The van der Waals surface area contributed by atoms with Gasteiger partial charge in [-0.1, -0.05) is 65.2 Å². The zero-order chi connectivity index (χ0) is 15.1. The molecule has 118 valence electrons. The third-order valence-electron chi connectivity index (χ3n) is 2.69. The van der Waals surface area contributed by atoms with Gasteiger partial charge in [0.2, 0.25) is 0 Å². The predicted molar refractivity (Wildman–Crippen MR) is 77.7 cm³/mol. The molecular weight excluding hydrogens is 268 g/mol. The van der Waals surface area contributed by atoms with Crippen LogP contribution in [0.25, 0.3) is 0 Å². The number of aliphatic hydroxyl groups is 1. The summed E-state index contributed by atoms with van der Waals surface area (Å²) in [5.74, 6) is 0.875. The van der Waals surface area contributed by atoms with Crippen molar-refractivity contribution in [2.24, 2.45) is 5.92 Å². The molecule has 6 heteroatoms.